The topological polar surface area (TPSA) is 62.6 Å². The third-order valence-electron chi connectivity index (χ3n) is 5.01. The molecule has 0 amide bonds. The molecule has 0 atom stereocenters. The van der Waals surface area contributed by atoms with Gasteiger partial charge in [-0.05, 0) is 42.9 Å². The number of anilines is 1. The van der Waals surface area contributed by atoms with Gasteiger partial charge in [-0.2, -0.15) is 5.10 Å². The molecule has 0 radical (unpaired) electrons. The number of nitrogens with zero attached hydrogens (tertiary/aromatic N) is 5. The molecule has 3 heterocycles. The molecular formula is C18H20F2N6. The van der Waals surface area contributed by atoms with Crippen LogP contribution in [0.25, 0.3) is 11.4 Å². The van der Waals surface area contributed by atoms with E-state index in [1.807, 2.05) is 11.6 Å². The lowest BCUT2D eigenvalue weighted by molar-refractivity contribution is 0.397. The molecule has 1 aliphatic rings. The first-order valence-corrected chi connectivity index (χ1v) is 8.69. The summed E-state index contributed by atoms with van der Waals surface area (Å²) >= 11 is 0. The van der Waals surface area contributed by atoms with Crippen molar-refractivity contribution < 1.29 is 8.78 Å². The van der Waals surface area contributed by atoms with Gasteiger partial charge in [0.05, 0.1) is 11.8 Å². The predicted molar refractivity (Wildman–Crippen MR) is 93.6 cm³/mol. The number of aromatic nitrogens is 5. The van der Waals surface area contributed by atoms with Crippen LogP contribution in [0.1, 0.15) is 18.4 Å². The largest absolute Gasteiger partial charge is 0.341 e. The average molecular weight is 358 g/mol. The summed E-state index contributed by atoms with van der Waals surface area (Å²) in [4.78, 5) is 2.22. The third-order valence-corrected chi connectivity index (χ3v) is 5.01. The SMILES string of the molecule is Cn1c(-c2cn[nH]c2)nnc1N1CCC(Cc2ccc(F)c(F)c2)CC1. The molecule has 0 spiro atoms. The molecule has 3 aromatic rings. The highest BCUT2D eigenvalue weighted by Gasteiger charge is 2.24. The van der Waals surface area contributed by atoms with Gasteiger partial charge < -0.3 is 4.90 Å². The number of aromatic amines is 1. The Bertz CT molecular complexity index is 881. The molecule has 0 saturated carbocycles. The van der Waals surface area contributed by atoms with E-state index in [4.69, 9.17) is 0 Å². The van der Waals surface area contributed by atoms with Crippen molar-refractivity contribution >= 4 is 5.95 Å². The standard InChI is InChI=1S/C18H20F2N6/c1-25-17(14-10-21-22-11-14)23-24-18(25)26-6-4-12(5-7-26)8-13-2-3-15(19)16(20)9-13/h2-3,9-12H,4-8H2,1H3,(H,21,22). The van der Waals surface area contributed by atoms with E-state index in [9.17, 15) is 8.78 Å². The number of piperidine rings is 1. The lowest BCUT2D eigenvalue weighted by atomic mass is 9.90. The molecule has 8 heteroatoms. The quantitative estimate of drug-likeness (QED) is 0.779. The first-order valence-electron chi connectivity index (χ1n) is 8.69. The molecule has 0 unspecified atom stereocenters. The highest BCUT2D eigenvalue weighted by atomic mass is 19.2. The first kappa shape index (κ1) is 16.7. The van der Waals surface area contributed by atoms with Gasteiger partial charge >= 0.3 is 0 Å². The fourth-order valence-corrected chi connectivity index (χ4v) is 3.56. The Balaban J connectivity index is 1.40. The number of H-pyrrole nitrogens is 1. The van der Waals surface area contributed by atoms with E-state index < -0.39 is 11.6 Å². The van der Waals surface area contributed by atoms with E-state index in [1.165, 1.54) is 12.1 Å². The molecule has 1 N–H and O–H groups in total. The van der Waals surface area contributed by atoms with Crippen molar-refractivity contribution in [2.75, 3.05) is 18.0 Å². The molecule has 0 aliphatic carbocycles. The molecule has 1 fully saturated rings. The van der Waals surface area contributed by atoms with Crippen LogP contribution in [0.2, 0.25) is 0 Å². The highest BCUT2D eigenvalue weighted by Crippen LogP contribution is 2.27. The summed E-state index contributed by atoms with van der Waals surface area (Å²) in [5.74, 6) is 0.507. The molecule has 1 saturated heterocycles. The van der Waals surface area contributed by atoms with Gasteiger partial charge in [-0.3, -0.25) is 9.67 Å². The number of nitrogens with one attached hydrogen (secondary N) is 1. The van der Waals surface area contributed by atoms with Gasteiger partial charge in [0.15, 0.2) is 17.5 Å². The van der Waals surface area contributed by atoms with Crippen molar-refractivity contribution in [3.8, 4) is 11.4 Å². The monoisotopic (exact) mass is 358 g/mol. The fourth-order valence-electron chi connectivity index (χ4n) is 3.56. The molecule has 1 aliphatic heterocycles. The van der Waals surface area contributed by atoms with Crippen molar-refractivity contribution in [2.45, 2.75) is 19.3 Å². The molecule has 26 heavy (non-hydrogen) atoms. The Kier molecular flexibility index (Phi) is 4.40. The second-order valence-corrected chi connectivity index (χ2v) is 6.75. The van der Waals surface area contributed by atoms with Crippen molar-refractivity contribution in [3.05, 3.63) is 47.8 Å². The van der Waals surface area contributed by atoms with E-state index in [0.717, 1.165) is 55.3 Å². The van der Waals surface area contributed by atoms with Crippen LogP contribution < -0.4 is 4.90 Å². The van der Waals surface area contributed by atoms with Gasteiger partial charge in [-0.25, -0.2) is 8.78 Å². The number of hydrogen-bond acceptors (Lipinski definition) is 4. The van der Waals surface area contributed by atoms with Gasteiger partial charge in [0, 0.05) is 26.3 Å². The maximum Gasteiger partial charge on any atom is 0.227 e. The Morgan fingerprint density at radius 3 is 2.65 bits per heavy atom. The van der Waals surface area contributed by atoms with Gasteiger partial charge in [-0.15, -0.1) is 10.2 Å². The van der Waals surface area contributed by atoms with Gasteiger partial charge in [0.2, 0.25) is 5.95 Å². The van der Waals surface area contributed by atoms with Crippen LogP contribution in [-0.4, -0.2) is 38.1 Å². The zero-order valence-corrected chi connectivity index (χ0v) is 14.5. The second kappa shape index (κ2) is 6.86. The fraction of sp³-hybridized carbons (Fsp3) is 0.389. The summed E-state index contributed by atoms with van der Waals surface area (Å²) in [6, 6.07) is 4.18. The predicted octanol–water partition coefficient (Wildman–Crippen LogP) is 2.94. The zero-order valence-electron chi connectivity index (χ0n) is 14.5. The summed E-state index contributed by atoms with van der Waals surface area (Å²) in [5.41, 5.74) is 1.75. The van der Waals surface area contributed by atoms with Crippen LogP contribution in [0.4, 0.5) is 14.7 Å². The zero-order chi connectivity index (χ0) is 18.1. The van der Waals surface area contributed by atoms with Crippen molar-refractivity contribution in [2.24, 2.45) is 13.0 Å². The second-order valence-electron chi connectivity index (χ2n) is 6.75. The number of hydrogen-bond donors (Lipinski definition) is 1. The summed E-state index contributed by atoms with van der Waals surface area (Å²) in [6.45, 7) is 1.73. The van der Waals surface area contributed by atoms with E-state index in [2.05, 4.69) is 25.3 Å². The maximum absolute atomic E-state index is 13.4. The number of halogens is 2. The van der Waals surface area contributed by atoms with E-state index >= 15 is 0 Å². The van der Waals surface area contributed by atoms with E-state index in [1.54, 1.807) is 18.5 Å². The summed E-state index contributed by atoms with van der Waals surface area (Å²) in [5, 5.41) is 15.3. The average Bonchev–Trinajstić information content (AvgIpc) is 3.28. The van der Waals surface area contributed by atoms with Crippen LogP contribution in [0, 0.1) is 17.6 Å². The molecule has 2 aromatic heterocycles. The van der Waals surface area contributed by atoms with Crippen molar-refractivity contribution in [1.82, 2.24) is 25.0 Å². The molecule has 4 rings (SSSR count). The summed E-state index contributed by atoms with van der Waals surface area (Å²) in [6.07, 6.45) is 6.24. The minimum Gasteiger partial charge on any atom is -0.341 e. The Labute approximate surface area is 149 Å². The first-order chi connectivity index (χ1) is 12.6. The van der Waals surface area contributed by atoms with Gasteiger partial charge in [0.25, 0.3) is 0 Å². The Morgan fingerprint density at radius 2 is 1.96 bits per heavy atom. The highest BCUT2D eigenvalue weighted by molar-refractivity contribution is 5.55. The lowest BCUT2D eigenvalue weighted by Crippen LogP contribution is -2.36. The normalized spacial score (nSPS) is 15.6. The molecular weight excluding hydrogens is 338 g/mol. The van der Waals surface area contributed by atoms with Gasteiger partial charge in [0.1, 0.15) is 0 Å². The minimum atomic E-state index is -0.792. The van der Waals surface area contributed by atoms with Crippen LogP contribution in [-0.2, 0) is 13.5 Å². The van der Waals surface area contributed by atoms with Crippen molar-refractivity contribution in [1.29, 1.82) is 0 Å². The third kappa shape index (κ3) is 3.18. The maximum atomic E-state index is 13.4. The van der Waals surface area contributed by atoms with Crippen LogP contribution >= 0.6 is 0 Å². The minimum absolute atomic E-state index is 0.456. The Morgan fingerprint density at radius 1 is 1.15 bits per heavy atom. The van der Waals surface area contributed by atoms with Gasteiger partial charge in [-0.1, -0.05) is 6.07 Å². The summed E-state index contributed by atoms with van der Waals surface area (Å²) in [7, 11) is 1.95. The smallest absolute Gasteiger partial charge is 0.227 e. The van der Waals surface area contributed by atoms with E-state index in [0.29, 0.717) is 5.92 Å². The number of rotatable bonds is 4. The Hall–Kier alpha value is -2.77. The molecule has 1 aromatic carbocycles. The molecule has 136 valence electrons. The van der Waals surface area contributed by atoms with Crippen LogP contribution in [0.15, 0.2) is 30.6 Å². The van der Waals surface area contributed by atoms with Crippen LogP contribution in [0.5, 0.6) is 0 Å². The number of benzene rings is 1. The summed E-state index contributed by atoms with van der Waals surface area (Å²) < 4.78 is 28.4. The molecule has 0 bridgehead atoms. The van der Waals surface area contributed by atoms with E-state index in [-0.39, 0.29) is 0 Å². The van der Waals surface area contributed by atoms with Crippen molar-refractivity contribution in [3.63, 3.8) is 0 Å². The lowest BCUT2D eigenvalue weighted by Gasteiger charge is -2.32. The molecule has 6 nitrogen and oxygen atoms in total. The van der Waals surface area contributed by atoms with Crippen LogP contribution in [0.3, 0.4) is 0 Å².